The van der Waals surface area contributed by atoms with Crippen LogP contribution in [0.15, 0.2) is 42.5 Å². The van der Waals surface area contributed by atoms with Crippen LogP contribution in [0.4, 0.5) is 11.4 Å². The highest BCUT2D eigenvalue weighted by Crippen LogP contribution is 2.34. The van der Waals surface area contributed by atoms with Crippen molar-refractivity contribution in [2.75, 3.05) is 10.6 Å². The van der Waals surface area contributed by atoms with Gasteiger partial charge in [0, 0.05) is 5.69 Å². The second kappa shape index (κ2) is 5.70. The van der Waals surface area contributed by atoms with Crippen molar-refractivity contribution in [3.63, 3.8) is 0 Å². The molecule has 1 unspecified atom stereocenters. The van der Waals surface area contributed by atoms with Gasteiger partial charge in [0.1, 0.15) is 5.75 Å². The normalized spacial score (nSPS) is 18.6. The third-order valence-corrected chi connectivity index (χ3v) is 3.84. The number of hydrogen-bond donors (Lipinski definition) is 2. The summed E-state index contributed by atoms with van der Waals surface area (Å²) in [6.07, 6.45) is 0. The van der Waals surface area contributed by atoms with Crippen LogP contribution in [0.3, 0.4) is 0 Å². The lowest BCUT2D eigenvalue weighted by atomic mass is 10.0. The minimum Gasteiger partial charge on any atom is -0.466 e. The summed E-state index contributed by atoms with van der Waals surface area (Å²) in [5.41, 5.74) is 0.796. The van der Waals surface area contributed by atoms with Crippen molar-refractivity contribution in [3.8, 4) is 11.8 Å². The lowest BCUT2D eigenvalue weighted by Gasteiger charge is -2.33. The molecule has 0 spiro atoms. The first-order valence-corrected chi connectivity index (χ1v) is 7.35. The molecule has 2 N–H and O–H groups in total. The number of fused-ring (bicyclic) bond motifs is 1. The van der Waals surface area contributed by atoms with Gasteiger partial charge >= 0.3 is 0 Å². The van der Waals surface area contributed by atoms with Gasteiger partial charge in [-0.2, -0.15) is 5.26 Å². The van der Waals surface area contributed by atoms with Crippen molar-refractivity contribution in [2.45, 2.75) is 19.4 Å². The van der Waals surface area contributed by atoms with Crippen LogP contribution in [0.1, 0.15) is 18.1 Å². The summed E-state index contributed by atoms with van der Waals surface area (Å²) < 4.78 is 5.69. The van der Waals surface area contributed by atoms with E-state index in [0.717, 1.165) is 5.56 Å². The molecule has 3 rings (SSSR count). The van der Waals surface area contributed by atoms with Crippen LogP contribution in [0.5, 0.6) is 5.75 Å². The number of benzene rings is 2. The smallest absolute Gasteiger partial charge is 0.278 e. The number of amides is 2. The minimum atomic E-state index is -1.68. The number of nitrogens with zero attached hydrogens (tertiary/aromatic N) is 1. The van der Waals surface area contributed by atoms with Gasteiger partial charge in [-0.15, -0.1) is 0 Å². The molecule has 0 aliphatic carbocycles. The van der Waals surface area contributed by atoms with E-state index in [4.69, 9.17) is 10.00 Å². The van der Waals surface area contributed by atoms with Gasteiger partial charge in [-0.3, -0.25) is 9.59 Å². The summed E-state index contributed by atoms with van der Waals surface area (Å²) in [6, 6.07) is 13.7. The number of aryl methyl sites for hydroxylation is 1. The Bertz CT molecular complexity index is 868. The average molecular weight is 321 g/mol. The Kier molecular flexibility index (Phi) is 3.70. The molecule has 1 atom stereocenters. The quantitative estimate of drug-likeness (QED) is 0.832. The Morgan fingerprint density at radius 3 is 2.62 bits per heavy atom. The van der Waals surface area contributed by atoms with Crippen LogP contribution >= 0.6 is 0 Å². The van der Waals surface area contributed by atoms with Crippen LogP contribution in [0, 0.1) is 18.3 Å². The maximum absolute atomic E-state index is 12.6. The summed E-state index contributed by atoms with van der Waals surface area (Å²) in [7, 11) is 0. The second-order valence-corrected chi connectivity index (χ2v) is 5.73. The van der Waals surface area contributed by atoms with Crippen molar-refractivity contribution in [1.82, 2.24) is 0 Å². The van der Waals surface area contributed by atoms with E-state index in [1.54, 1.807) is 36.4 Å². The summed E-state index contributed by atoms with van der Waals surface area (Å²) in [6.45, 7) is 3.32. The first-order valence-electron chi connectivity index (χ1n) is 7.35. The Morgan fingerprint density at radius 2 is 1.96 bits per heavy atom. The maximum Gasteiger partial charge on any atom is 0.278 e. The predicted molar refractivity (Wildman–Crippen MR) is 88.6 cm³/mol. The molecule has 0 radical (unpaired) electrons. The molecule has 1 aliphatic rings. The van der Waals surface area contributed by atoms with Gasteiger partial charge in [-0.25, -0.2) is 0 Å². The molecule has 0 aromatic heterocycles. The fourth-order valence-corrected chi connectivity index (χ4v) is 2.37. The molecule has 6 nitrogen and oxygen atoms in total. The Labute approximate surface area is 139 Å². The van der Waals surface area contributed by atoms with Crippen LogP contribution in [0.2, 0.25) is 0 Å². The molecule has 1 heterocycles. The molecule has 24 heavy (non-hydrogen) atoms. The highest BCUT2D eigenvalue weighted by Gasteiger charge is 2.47. The van der Waals surface area contributed by atoms with E-state index in [1.807, 2.05) is 19.1 Å². The standard InChI is InChI=1S/C18H15N3O3/c1-11-3-8-15-14(9-11)21-17(23)18(2,24-15)16(22)20-13-6-4-12(10-19)5-7-13/h3-9H,1-2H3,(H,20,22)(H,21,23). The Balaban J connectivity index is 1.84. The zero-order valence-electron chi connectivity index (χ0n) is 13.2. The maximum atomic E-state index is 12.6. The summed E-state index contributed by atoms with van der Waals surface area (Å²) in [4.78, 5) is 25.0. The summed E-state index contributed by atoms with van der Waals surface area (Å²) in [5.74, 6) is -0.680. The molecule has 6 heteroatoms. The van der Waals surface area contributed by atoms with Crippen molar-refractivity contribution in [2.24, 2.45) is 0 Å². The molecule has 2 amide bonds. The van der Waals surface area contributed by atoms with Crippen molar-refractivity contribution in [1.29, 1.82) is 5.26 Å². The van der Waals surface area contributed by atoms with Crippen molar-refractivity contribution >= 4 is 23.2 Å². The van der Waals surface area contributed by atoms with Gasteiger partial charge in [-0.1, -0.05) is 6.07 Å². The number of ether oxygens (including phenoxy) is 1. The molecule has 0 fully saturated rings. The topological polar surface area (TPSA) is 91.2 Å². The number of rotatable bonds is 2. The number of anilines is 2. The van der Waals surface area contributed by atoms with Crippen LogP contribution in [0.25, 0.3) is 0 Å². The highest BCUT2D eigenvalue weighted by molar-refractivity contribution is 6.19. The number of nitriles is 1. The molecule has 120 valence electrons. The molecule has 1 aliphatic heterocycles. The van der Waals surface area contributed by atoms with Crippen LogP contribution in [-0.2, 0) is 9.59 Å². The van der Waals surface area contributed by atoms with Gasteiger partial charge in [-0.05, 0) is 55.8 Å². The number of hydrogen-bond acceptors (Lipinski definition) is 4. The molecule has 0 bridgehead atoms. The molecule has 2 aromatic rings. The van der Waals surface area contributed by atoms with E-state index in [0.29, 0.717) is 22.7 Å². The van der Waals surface area contributed by atoms with E-state index >= 15 is 0 Å². The molecular formula is C18H15N3O3. The third kappa shape index (κ3) is 2.68. The van der Waals surface area contributed by atoms with Gasteiger partial charge in [0.15, 0.2) is 0 Å². The minimum absolute atomic E-state index is 0.442. The number of carbonyl (C=O) groups is 2. The second-order valence-electron chi connectivity index (χ2n) is 5.73. The first kappa shape index (κ1) is 15.6. The van der Waals surface area contributed by atoms with E-state index in [-0.39, 0.29) is 0 Å². The van der Waals surface area contributed by atoms with E-state index in [2.05, 4.69) is 10.6 Å². The Morgan fingerprint density at radius 1 is 1.25 bits per heavy atom. The van der Waals surface area contributed by atoms with Crippen LogP contribution < -0.4 is 15.4 Å². The fraction of sp³-hybridized carbons (Fsp3) is 0.167. The third-order valence-electron chi connectivity index (χ3n) is 3.84. The zero-order valence-corrected chi connectivity index (χ0v) is 13.2. The lowest BCUT2D eigenvalue weighted by molar-refractivity contribution is -0.143. The molecule has 2 aromatic carbocycles. The van der Waals surface area contributed by atoms with Gasteiger partial charge in [0.05, 0.1) is 17.3 Å². The SMILES string of the molecule is Cc1ccc2c(c1)NC(=O)C(C)(C(=O)Nc1ccc(C#N)cc1)O2. The molecule has 0 saturated heterocycles. The number of carbonyl (C=O) groups excluding carboxylic acids is 2. The van der Waals surface area contributed by atoms with E-state index < -0.39 is 17.4 Å². The van der Waals surface area contributed by atoms with Crippen molar-refractivity contribution in [3.05, 3.63) is 53.6 Å². The molecule has 0 saturated carbocycles. The molecular weight excluding hydrogens is 306 g/mol. The Hall–Kier alpha value is -3.33. The largest absolute Gasteiger partial charge is 0.466 e. The first-order chi connectivity index (χ1) is 11.4. The monoisotopic (exact) mass is 321 g/mol. The van der Waals surface area contributed by atoms with Crippen molar-refractivity contribution < 1.29 is 14.3 Å². The average Bonchev–Trinajstić information content (AvgIpc) is 2.57. The van der Waals surface area contributed by atoms with E-state index in [9.17, 15) is 9.59 Å². The number of nitrogens with one attached hydrogen (secondary N) is 2. The predicted octanol–water partition coefficient (Wildman–Crippen LogP) is 2.60. The summed E-state index contributed by atoms with van der Waals surface area (Å²) >= 11 is 0. The summed E-state index contributed by atoms with van der Waals surface area (Å²) in [5, 5.41) is 14.1. The fourth-order valence-electron chi connectivity index (χ4n) is 2.37. The van der Waals surface area contributed by atoms with Gasteiger partial charge in [0.2, 0.25) is 0 Å². The van der Waals surface area contributed by atoms with Gasteiger partial charge in [0.25, 0.3) is 17.4 Å². The lowest BCUT2D eigenvalue weighted by Crippen LogP contribution is -2.56. The highest BCUT2D eigenvalue weighted by atomic mass is 16.5. The van der Waals surface area contributed by atoms with E-state index in [1.165, 1.54) is 6.92 Å². The van der Waals surface area contributed by atoms with Crippen LogP contribution in [-0.4, -0.2) is 17.4 Å². The zero-order chi connectivity index (χ0) is 17.3. The van der Waals surface area contributed by atoms with Gasteiger partial charge < -0.3 is 15.4 Å².